The molecule has 3 aromatic rings. The molecular weight excluding hydrogens is 527 g/mol. The standard InChI is InChI=1S/C29H32F3N3OS2/c1-37-24-11-9-22(10-12-24)33-18-20-5-7-21(8-6-20)28-17-25-26(34-23-13-15-38(36)16-14-23)3-2-4-27(25)35(28)19-29(30,31)32/h2-11,17,23-24,33-34H,12-16,18-19H2,1H3. The largest absolute Gasteiger partial charge is 0.406 e. The van der Waals surface area contributed by atoms with E-state index in [1.54, 1.807) is 12.1 Å². The van der Waals surface area contributed by atoms with Gasteiger partial charge < -0.3 is 15.2 Å². The summed E-state index contributed by atoms with van der Waals surface area (Å²) in [5.41, 5.74) is 4.80. The molecule has 2 aromatic carbocycles. The average molecular weight is 560 g/mol. The van der Waals surface area contributed by atoms with Crippen molar-refractivity contribution < 1.29 is 17.4 Å². The Morgan fingerprint density at radius 1 is 1.11 bits per heavy atom. The molecule has 1 fully saturated rings. The first kappa shape index (κ1) is 26.9. The maximum atomic E-state index is 13.7. The number of hydrogen-bond acceptors (Lipinski definition) is 4. The van der Waals surface area contributed by atoms with Gasteiger partial charge in [-0.3, -0.25) is 4.21 Å². The van der Waals surface area contributed by atoms with Crippen LogP contribution >= 0.6 is 11.8 Å². The molecule has 0 radical (unpaired) electrons. The summed E-state index contributed by atoms with van der Waals surface area (Å²) in [5, 5.41) is 8.24. The number of allylic oxidation sites excluding steroid dienone is 2. The van der Waals surface area contributed by atoms with Crippen LogP contribution in [0.2, 0.25) is 0 Å². The van der Waals surface area contributed by atoms with Gasteiger partial charge in [0.1, 0.15) is 6.54 Å². The van der Waals surface area contributed by atoms with Crippen molar-refractivity contribution >= 4 is 39.2 Å². The molecule has 0 saturated carbocycles. The lowest BCUT2D eigenvalue weighted by Gasteiger charge is -2.24. The van der Waals surface area contributed by atoms with Gasteiger partial charge in [-0.15, -0.1) is 0 Å². The van der Waals surface area contributed by atoms with Gasteiger partial charge in [-0.05, 0) is 60.9 Å². The van der Waals surface area contributed by atoms with Crippen molar-refractivity contribution in [1.29, 1.82) is 0 Å². The van der Waals surface area contributed by atoms with E-state index in [9.17, 15) is 17.4 Å². The molecule has 5 rings (SSSR count). The van der Waals surface area contributed by atoms with E-state index in [0.717, 1.165) is 47.2 Å². The molecule has 4 nitrogen and oxygen atoms in total. The average Bonchev–Trinajstić information content (AvgIpc) is 3.27. The van der Waals surface area contributed by atoms with Crippen molar-refractivity contribution in [2.24, 2.45) is 0 Å². The number of rotatable bonds is 8. The van der Waals surface area contributed by atoms with Gasteiger partial charge in [0.05, 0.1) is 5.52 Å². The number of aromatic nitrogens is 1. The minimum Gasteiger partial charge on any atom is -0.382 e. The van der Waals surface area contributed by atoms with E-state index in [4.69, 9.17) is 0 Å². The summed E-state index contributed by atoms with van der Waals surface area (Å²) in [4.78, 5) is 0. The van der Waals surface area contributed by atoms with E-state index in [-0.39, 0.29) is 6.04 Å². The van der Waals surface area contributed by atoms with Gasteiger partial charge in [-0.2, -0.15) is 24.9 Å². The number of hydrogen-bond donors (Lipinski definition) is 2. The number of halogens is 3. The zero-order valence-corrected chi connectivity index (χ0v) is 22.9. The van der Waals surface area contributed by atoms with Crippen LogP contribution in [0.4, 0.5) is 18.9 Å². The maximum Gasteiger partial charge on any atom is 0.406 e. The van der Waals surface area contributed by atoms with Crippen molar-refractivity contribution in [2.75, 3.05) is 23.1 Å². The van der Waals surface area contributed by atoms with Crippen molar-refractivity contribution in [3.63, 3.8) is 0 Å². The van der Waals surface area contributed by atoms with E-state index in [0.29, 0.717) is 34.5 Å². The summed E-state index contributed by atoms with van der Waals surface area (Å²) >= 11 is 1.83. The van der Waals surface area contributed by atoms with Crippen LogP contribution in [-0.4, -0.2) is 44.0 Å². The fourth-order valence-electron chi connectivity index (χ4n) is 5.06. The molecule has 0 spiro atoms. The molecule has 1 unspecified atom stereocenters. The minimum atomic E-state index is -4.35. The van der Waals surface area contributed by atoms with Gasteiger partial charge in [-0.1, -0.05) is 42.5 Å². The van der Waals surface area contributed by atoms with Crippen LogP contribution in [0.5, 0.6) is 0 Å². The molecule has 202 valence electrons. The Bertz CT molecular complexity index is 1350. The second-order valence-corrected chi connectivity index (χ2v) is 12.6. The van der Waals surface area contributed by atoms with E-state index < -0.39 is 23.5 Å². The predicted molar refractivity (Wildman–Crippen MR) is 154 cm³/mol. The Balaban J connectivity index is 1.39. The molecule has 1 aliphatic heterocycles. The zero-order chi connectivity index (χ0) is 26.7. The molecule has 2 aliphatic rings. The van der Waals surface area contributed by atoms with Gasteiger partial charge in [0.25, 0.3) is 0 Å². The first-order chi connectivity index (χ1) is 18.3. The topological polar surface area (TPSA) is 46.1 Å². The van der Waals surface area contributed by atoms with E-state index >= 15 is 0 Å². The highest BCUT2D eigenvalue weighted by Crippen LogP contribution is 2.36. The first-order valence-corrected chi connectivity index (χ1v) is 15.6. The van der Waals surface area contributed by atoms with Crippen LogP contribution in [0.25, 0.3) is 22.2 Å². The molecule has 2 heterocycles. The van der Waals surface area contributed by atoms with Crippen LogP contribution in [0.1, 0.15) is 24.8 Å². The van der Waals surface area contributed by atoms with E-state index in [2.05, 4.69) is 35.1 Å². The third kappa shape index (κ3) is 6.49. The number of nitrogens with zero attached hydrogens (tertiary/aromatic N) is 1. The monoisotopic (exact) mass is 559 g/mol. The Morgan fingerprint density at radius 3 is 2.53 bits per heavy atom. The second-order valence-electron chi connectivity index (χ2n) is 9.81. The van der Waals surface area contributed by atoms with Crippen LogP contribution in [-0.2, 0) is 23.9 Å². The number of thioether (sulfide) groups is 1. The lowest BCUT2D eigenvalue weighted by atomic mass is 10.1. The molecular formula is C29H32F3N3OS2. The van der Waals surface area contributed by atoms with Crippen molar-refractivity contribution in [3.05, 3.63) is 78.0 Å². The summed E-state index contributed by atoms with van der Waals surface area (Å²) in [5.74, 6) is 1.31. The van der Waals surface area contributed by atoms with Gasteiger partial charge in [0, 0.05) is 62.6 Å². The summed E-state index contributed by atoms with van der Waals surface area (Å²) in [6, 6.07) is 15.2. The molecule has 0 bridgehead atoms. The number of anilines is 1. The molecule has 1 atom stereocenters. The first-order valence-electron chi connectivity index (χ1n) is 12.8. The highest BCUT2D eigenvalue weighted by molar-refractivity contribution is 7.99. The maximum absolute atomic E-state index is 13.7. The van der Waals surface area contributed by atoms with Crippen LogP contribution in [0, 0.1) is 0 Å². The van der Waals surface area contributed by atoms with Gasteiger partial charge in [0.2, 0.25) is 0 Å². The summed E-state index contributed by atoms with van der Waals surface area (Å²) < 4.78 is 54.1. The number of nitrogens with one attached hydrogen (secondary N) is 2. The number of benzene rings is 2. The van der Waals surface area contributed by atoms with Crippen molar-refractivity contribution in [2.45, 2.75) is 49.8 Å². The lowest BCUT2D eigenvalue weighted by molar-refractivity contribution is -0.139. The van der Waals surface area contributed by atoms with Crippen LogP contribution in [0.15, 0.2) is 72.5 Å². The fourth-order valence-corrected chi connectivity index (χ4v) is 6.88. The quantitative estimate of drug-likeness (QED) is 0.317. The summed E-state index contributed by atoms with van der Waals surface area (Å²) in [6.07, 6.45) is 6.84. The summed E-state index contributed by atoms with van der Waals surface area (Å²) in [6.45, 7) is -0.412. The summed E-state index contributed by atoms with van der Waals surface area (Å²) in [7, 11) is -0.770. The Hall–Kier alpha value is -2.65. The predicted octanol–water partition coefficient (Wildman–Crippen LogP) is 6.86. The smallest absolute Gasteiger partial charge is 0.382 e. The SMILES string of the molecule is CSC1C=CC(NCc2ccc(-c3cc4c(NC5CCS(=O)CC5)cccc4n3CC(F)(F)F)cc2)=CC1. The highest BCUT2D eigenvalue weighted by Gasteiger charge is 2.30. The molecule has 1 saturated heterocycles. The molecule has 1 aromatic heterocycles. The van der Waals surface area contributed by atoms with Gasteiger partial charge in [0.15, 0.2) is 0 Å². The Morgan fingerprint density at radius 2 is 1.87 bits per heavy atom. The molecule has 2 N–H and O–H groups in total. The van der Waals surface area contributed by atoms with Crippen LogP contribution < -0.4 is 10.6 Å². The molecule has 1 aliphatic carbocycles. The minimum absolute atomic E-state index is 0.167. The second kappa shape index (κ2) is 11.6. The third-order valence-electron chi connectivity index (χ3n) is 7.14. The van der Waals surface area contributed by atoms with Gasteiger partial charge >= 0.3 is 6.18 Å². The van der Waals surface area contributed by atoms with Crippen molar-refractivity contribution in [1.82, 2.24) is 9.88 Å². The molecule has 0 amide bonds. The zero-order valence-electron chi connectivity index (χ0n) is 21.3. The molecule has 38 heavy (non-hydrogen) atoms. The Labute approximate surface area is 228 Å². The number of alkyl halides is 3. The highest BCUT2D eigenvalue weighted by atomic mass is 32.2. The van der Waals surface area contributed by atoms with E-state index in [1.165, 1.54) is 4.57 Å². The normalized spacial score (nSPS) is 21.9. The third-order valence-corrected chi connectivity index (χ3v) is 9.48. The van der Waals surface area contributed by atoms with Gasteiger partial charge in [-0.25, -0.2) is 0 Å². The van der Waals surface area contributed by atoms with E-state index in [1.807, 2.05) is 48.2 Å². The Kier molecular flexibility index (Phi) is 8.23. The molecule has 9 heteroatoms. The lowest BCUT2D eigenvalue weighted by Crippen LogP contribution is -2.29. The number of fused-ring (bicyclic) bond motifs is 1. The van der Waals surface area contributed by atoms with Crippen LogP contribution in [0.3, 0.4) is 0 Å². The van der Waals surface area contributed by atoms with Crippen molar-refractivity contribution in [3.8, 4) is 11.3 Å². The fraction of sp³-hybridized carbons (Fsp3) is 0.379.